The summed E-state index contributed by atoms with van der Waals surface area (Å²) < 4.78 is 11.6. The first-order valence-electron chi connectivity index (χ1n) is 8.64. The molecule has 2 heterocycles. The fraction of sp³-hybridized carbons (Fsp3) is 0.647. The molecule has 0 aromatic carbocycles. The predicted molar refractivity (Wildman–Crippen MR) is 92.7 cm³/mol. The van der Waals surface area contributed by atoms with E-state index in [0.717, 1.165) is 6.42 Å². The molecule has 1 saturated heterocycles. The fourth-order valence-electron chi connectivity index (χ4n) is 3.00. The Hall–Kier alpha value is -2.58. The smallest absolute Gasteiger partial charge is 0.310 e. The van der Waals surface area contributed by atoms with Gasteiger partial charge in [0.15, 0.2) is 0 Å². The van der Waals surface area contributed by atoms with Crippen LogP contribution in [0.3, 0.4) is 0 Å². The largest absolute Gasteiger partial charge is 0.479 e. The van der Waals surface area contributed by atoms with Crippen molar-refractivity contribution in [2.24, 2.45) is 13.0 Å². The van der Waals surface area contributed by atoms with E-state index in [1.165, 1.54) is 16.7 Å². The number of aryl methyl sites for hydroxylation is 1. The Balaban J connectivity index is 1.97. The van der Waals surface area contributed by atoms with Crippen molar-refractivity contribution in [1.82, 2.24) is 19.6 Å². The van der Waals surface area contributed by atoms with Crippen molar-refractivity contribution in [3.63, 3.8) is 0 Å². The average Bonchev–Trinajstić information content (AvgIpc) is 3.02. The molecule has 0 saturated carbocycles. The number of piperidine rings is 1. The molecule has 0 radical (unpaired) electrons. The van der Waals surface area contributed by atoms with Crippen molar-refractivity contribution in [2.45, 2.75) is 19.8 Å². The monoisotopic (exact) mass is 366 g/mol. The van der Waals surface area contributed by atoms with E-state index in [4.69, 9.17) is 9.47 Å². The molecule has 0 bridgehead atoms. The molecule has 1 aromatic rings. The molecule has 2 rings (SSSR count). The van der Waals surface area contributed by atoms with Gasteiger partial charge in [0.05, 0.1) is 26.2 Å². The van der Waals surface area contributed by atoms with Crippen LogP contribution in [-0.4, -0.2) is 77.8 Å². The Labute approximate surface area is 152 Å². The minimum absolute atomic E-state index is 0.0770. The molecule has 144 valence electrons. The Morgan fingerprint density at radius 2 is 2.12 bits per heavy atom. The van der Waals surface area contributed by atoms with Gasteiger partial charge in [-0.15, -0.1) is 5.10 Å². The molecule has 2 amide bonds. The predicted octanol–water partition coefficient (Wildman–Crippen LogP) is 0.302. The van der Waals surface area contributed by atoms with Crippen molar-refractivity contribution < 1.29 is 23.9 Å². The van der Waals surface area contributed by atoms with Crippen LogP contribution in [0, 0.1) is 5.92 Å². The summed E-state index contributed by atoms with van der Waals surface area (Å²) in [5.41, 5.74) is 0.299. The number of hydrogen-bond donors (Lipinski definition) is 0. The average molecular weight is 366 g/mol. The van der Waals surface area contributed by atoms with Crippen molar-refractivity contribution in [2.75, 3.05) is 40.4 Å². The Kier molecular flexibility index (Phi) is 6.59. The van der Waals surface area contributed by atoms with E-state index in [1.54, 1.807) is 32.1 Å². The number of likely N-dealkylation sites (tertiary alicyclic amines) is 1. The van der Waals surface area contributed by atoms with E-state index in [2.05, 4.69) is 5.10 Å². The lowest BCUT2D eigenvalue weighted by Crippen LogP contribution is -2.47. The van der Waals surface area contributed by atoms with Crippen LogP contribution in [0.1, 0.15) is 30.1 Å². The van der Waals surface area contributed by atoms with Crippen molar-refractivity contribution in [1.29, 1.82) is 0 Å². The first kappa shape index (κ1) is 19.7. The third-order valence-electron chi connectivity index (χ3n) is 4.33. The van der Waals surface area contributed by atoms with Crippen LogP contribution in [0.2, 0.25) is 0 Å². The van der Waals surface area contributed by atoms with E-state index in [0.29, 0.717) is 31.7 Å². The number of nitrogens with zero attached hydrogens (tertiary/aromatic N) is 4. The molecule has 1 aliphatic heterocycles. The van der Waals surface area contributed by atoms with Gasteiger partial charge in [0.2, 0.25) is 11.8 Å². The summed E-state index contributed by atoms with van der Waals surface area (Å²) in [5, 5.41) is 4.05. The van der Waals surface area contributed by atoms with Crippen molar-refractivity contribution in [3.05, 3.63) is 11.8 Å². The lowest BCUT2D eigenvalue weighted by molar-refractivity contribution is -0.151. The van der Waals surface area contributed by atoms with Gasteiger partial charge in [-0.3, -0.25) is 19.1 Å². The Bertz CT molecular complexity index is 672. The molecule has 0 spiro atoms. The second-order valence-electron chi connectivity index (χ2n) is 6.32. The Morgan fingerprint density at radius 3 is 2.77 bits per heavy atom. The number of aromatic nitrogens is 2. The molecule has 9 heteroatoms. The van der Waals surface area contributed by atoms with Gasteiger partial charge in [0, 0.05) is 33.4 Å². The van der Waals surface area contributed by atoms with Gasteiger partial charge in [-0.25, -0.2) is 0 Å². The first-order valence-corrected chi connectivity index (χ1v) is 8.64. The van der Waals surface area contributed by atoms with E-state index in [-0.39, 0.29) is 36.1 Å². The van der Waals surface area contributed by atoms with Gasteiger partial charge >= 0.3 is 5.97 Å². The van der Waals surface area contributed by atoms with Crippen molar-refractivity contribution >= 4 is 17.8 Å². The van der Waals surface area contributed by atoms with Crippen molar-refractivity contribution in [3.8, 4) is 5.88 Å². The zero-order chi connectivity index (χ0) is 19.3. The number of carbonyl (C=O) groups excluding carboxylic acids is 3. The fourth-order valence-corrected chi connectivity index (χ4v) is 3.00. The third kappa shape index (κ3) is 4.53. The summed E-state index contributed by atoms with van der Waals surface area (Å²) in [4.78, 5) is 40.0. The minimum Gasteiger partial charge on any atom is -0.479 e. The lowest BCUT2D eigenvalue weighted by atomic mass is 9.98. The maximum atomic E-state index is 12.6. The van der Waals surface area contributed by atoms with E-state index in [1.807, 2.05) is 0 Å². The molecule has 9 nitrogen and oxygen atoms in total. The number of rotatable bonds is 6. The minimum atomic E-state index is -0.345. The third-order valence-corrected chi connectivity index (χ3v) is 4.33. The zero-order valence-corrected chi connectivity index (χ0v) is 15.7. The van der Waals surface area contributed by atoms with E-state index >= 15 is 0 Å². The van der Waals surface area contributed by atoms with Gasteiger partial charge < -0.3 is 19.3 Å². The molecule has 1 unspecified atom stereocenters. The second kappa shape index (κ2) is 8.68. The summed E-state index contributed by atoms with van der Waals surface area (Å²) in [6.45, 7) is 2.92. The van der Waals surface area contributed by atoms with Gasteiger partial charge in [0.25, 0.3) is 5.91 Å². The lowest BCUT2D eigenvalue weighted by Gasteiger charge is -2.32. The molecular weight excluding hydrogens is 340 g/mol. The van der Waals surface area contributed by atoms with Crippen LogP contribution < -0.4 is 4.74 Å². The summed E-state index contributed by atoms with van der Waals surface area (Å²) in [5.74, 6) is -0.890. The van der Waals surface area contributed by atoms with Crippen LogP contribution in [0.5, 0.6) is 5.88 Å². The number of likely N-dealkylation sites (N-methyl/N-ethyl adjacent to an activating group) is 1. The number of amides is 2. The number of carbonyl (C=O) groups is 3. The highest BCUT2D eigenvalue weighted by Gasteiger charge is 2.30. The van der Waals surface area contributed by atoms with Crippen LogP contribution in [-0.2, 0) is 21.4 Å². The first-order chi connectivity index (χ1) is 12.4. The standard InChI is InChI=1S/C17H26N4O5/c1-5-26-17(24)12-7-6-8-21(9-12)14(22)11-19(2)16(23)13-10-20(3)18-15(13)25-4/h10,12H,5-9,11H2,1-4H3. The molecule has 0 aliphatic carbocycles. The van der Waals surface area contributed by atoms with Crippen LogP contribution >= 0.6 is 0 Å². The SMILES string of the molecule is CCOC(=O)C1CCCN(C(=O)CN(C)C(=O)c2cn(C)nc2OC)C1. The highest BCUT2D eigenvalue weighted by molar-refractivity contribution is 5.98. The summed E-state index contributed by atoms with van der Waals surface area (Å²) >= 11 is 0. The molecular formula is C17H26N4O5. The maximum Gasteiger partial charge on any atom is 0.310 e. The quantitative estimate of drug-likeness (QED) is 0.672. The van der Waals surface area contributed by atoms with E-state index in [9.17, 15) is 14.4 Å². The second-order valence-corrected chi connectivity index (χ2v) is 6.32. The van der Waals surface area contributed by atoms with Gasteiger partial charge in [-0.1, -0.05) is 0 Å². The molecule has 1 atom stereocenters. The van der Waals surface area contributed by atoms with Crippen LogP contribution in [0.25, 0.3) is 0 Å². The maximum absolute atomic E-state index is 12.6. The van der Waals surface area contributed by atoms with Gasteiger partial charge in [-0.2, -0.15) is 0 Å². The summed E-state index contributed by atoms with van der Waals surface area (Å²) in [6.07, 6.45) is 3.01. The molecule has 1 aromatic heterocycles. The van der Waals surface area contributed by atoms with Crippen LogP contribution in [0.15, 0.2) is 6.20 Å². The Morgan fingerprint density at radius 1 is 1.38 bits per heavy atom. The highest BCUT2D eigenvalue weighted by Crippen LogP contribution is 2.19. The number of ether oxygens (including phenoxy) is 2. The van der Waals surface area contributed by atoms with Gasteiger partial charge in [0.1, 0.15) is 5.56 Å². The zero-order valence-electron chi connectivity index (χ0n) is 15.7. The summed E-state index contributed by atoms with van der Waals surface area (Å²) in [6, 6.07) is 0. The normalized spacial score (nSPS) is 16.9. The molecule has 0 N–H and O–H groups in total. The highest BCUT2D eigenvalue weighted by atomic mass is 16.5. The number of esters is 1. The molecule has 1 fully saturated rings. The topological polar surface area (TPSA) is 94.0 Å². The molecule has 1 aliphatic rings. The number of methoxy groups -OCH3 is 1. The summed E-state index contributed by atoms with van der Waals surface area (Å²) in [7, 11) is 4.68. The van der Waals surface area contributed by atoms with Gasteiger partial charge in [-0.05, 0) is 19.8 Å². The van der Waals surface area contributed by atoms with E-state index < -0.39 is 0 Å². The number of hydrogen-bond acceptors (Lipinski definition) is 6. The van der Waals surface area contributed by atoms with Crippen LogP contribution in [0.4, 0.5) is 0 Å². The molecule has 26 heavy (non-hydrogen) atoms.